The van der Waals surface area contributed by atoms with Crippen LogP contribution < -0.4 is 14.8 Å². The van der Waals surface area contributed by atoms with Crippen molar-refractivity contribution in [3.8, 4) is 11.5 Å². The second-order valence-electron chi connectivity index (χ2n) is 4.74. The smallest absolute Gasteiger partial charge is 0.165 e. The lowest BCUT2D eigenvalue weighted by Crippen LogP contribution is -2.17. The van der Waals surface area contributed by atoms with Gasteiger partial charge in [0.15, 0.2) is 11.5 Å². The maximum Gasteiger partial charge on any atom is 0.165 e. The number of hydrogen-bond donors (Lipinski definition) is 1. The second-order valence-corrected chi connectivity index (χ2v) is 4.74. The highest BCUT2D eigenvalue weighted by atomic mass is 35.5. The highest BCUT2D eigenvalue weighted by molar-refractivity contribution is 5.85. The Bertz CT molecular complexity index is 356. The zero-order valence-corrected chi connectivity index (χ0v) is 13.2. The molecule has 3 nitrogen and oxygen atoms in total. The Labute approximate surface area is 123 Å². The third-order valence-electron chi connectivity index (χ3n) is 2.78. The van der Waals surface area contributed by atoms with Crippen molar-refractivity contribution in [1.29, 1.82) is 0 Å². The van der Waals surface area contributed by atoms with Gasteiger partial charge >= 0.3 is 0 Å². The lowest BCUT2D eigenvalue weighted by molar-refractivity contribution is 0.306. The Morgan fingerprint density at radius 2 is 2.00 bits per heavy atom. The fraction of sp³-hybridized carbons (Fsp3) is 0.600. The molecule has 4 heteroatoms. The summed E-state index contributed by atoms with van der Waals surface area (Å²) in [5, 5.41) is 3.45. The molecule has 0 aromatic heterocycles. The van der Waals surface area contributed by atoms with Crippen LogP contribution in [0.2, 0.25) is 0 Å². The maximum absolute atomic E-state index is 5.67. The number of benzene rings is 1. The van der Waals surface area contributed by atoms with Crippen LogP contribution in [0.25, 0.3) is 0 Å². The van der Waals surface area contributed by atoms with Crippen molar-refractivity contribution in [2.45, 2.75) is 33.7 Å². The minimum atomic E-state index is 0. The van der Waals surface area contributed by atoms with E-state index in [-0.39, 0.29) is 12.4 Å². The first-order valence-corrected chi connectivity index (χ1v) is 6.68. The monoisotopic (exact) mass is 287 g/mol. The van der Waals surface area contributed by atoms with Gasteiger partial charge in [-0.2, -0.15) is 0 Å². The average Bonchev–Trinajstić information content (AvgIpc) is 2.36. The molecule has 0 heterocycles. The van der Waals surface area contributed by atoms with Crippen molar-refractivity contribution in [3.05, 3.63) is 23.8 Å². The first-order valence-electron chi connectivity index (χ1n) is 6.68. The third-order valence-corrected chi connectivity index (χ3v) is 2.78. The topological polar surface area (TPSA) is 30.5 Å². The van der Waals surface area contributed by atoms with E-state index in [0.717, 1.165) is 36.1 Å². The van der Waals surface area contributed by atoms with Crippen molar-refractivity contribution in [1.82, 2.24) is 5.32 Å². The van der Waals surface area contributed by atoms with Crippen molar-refractivity contribution < 1.29 is 9.47 Å². The van der Waals surface area contributed by atoms with E-state index in [2.05, 4.69) is 25.2 Å². The van der Waals surface area contributed by atoms with Crippen LogP contribution in [0, 0.1) is 5.92 Å². The molecule has 0 atom stereocenters. The molecular weight excluding hydrogens is 262 g/mol. The van der Waals surface area contributed by atoms with Crippen LogP contribution >= 0.6 is 12.4 Å². The Kier molecular flexibility index (Phi) is 9.44. The van der Waals surface area contributed by atoms with E-state index in [0.29, 0.717) is 6.61 Å². The Morgan fingerprint density at radius 1 is 1.26 bits per heavy atom. The molecular formula is C15H26ClNO2. The molecule has 0 spiro atoms. The summed E-state index contributed by atoms with van der Waals surface area (Å²) < 4.78 is 11.0. The normalized spacial score (nSPS) is 10.2. The van der Waals surface area contributed by atoms with Gasteiger partial charge in [-0.3, -0.25) is 0 Å². The maximum atomic E-state index is 5.67. The summed E-state index contributed by atoms with van der Waals surface area (Å²) in [5.41, 5.74) is 1.15. The molecule has 0 aliphatic rings. The van der Waals surface area contributed by atoms with E-state index in [1.54, 1.807) is 7.11 Å². The second kappa shape index (κ2) is 9.93. The van der Waals surface area contributed by atoms with Crippen LogP contribution in [-0.2, 0) is 6.54 Å². The fourth-order valence-electron chi connectivity index (χ4n) is 1.78. The van der Waals surface area contributed by atoms with Crippen LogP contribution in [0.3, 0.4) is 0 Å². The molecule has 0 fully saturated rings. The quantitative estimate of drug-likeness (QED) is 0.740. The van der Waals surface area contributed by atoms with Gasteiger partial charge in [-0.15, -0.1) is 12.4 Å². The van der Waals surface area contributed by atoms with Gasteiger partial charge in [0.05, 0.1) is 13.7 Å². The molecule has 0 saturated heterocycles. The van der Waals surface area contributed by atoms with E-state index >= 15 is 0 Å². The van der Waals surface area contributed by atoms with E-state index in [4.69, 9.17) is 9.47 Å². The lowest BCUT2D eigenvalue weighted by atomic mass is 10.1. The largest absolute Gasteiger partial charge is 0.493 e. The summed E-state index contributed by atoms with van der Waals surface area (Å²) in [6.45, 7) is 8.96. The molecule has 19 heavy (non-hydrogen) atoms. The summed E-state index contributed by atoms with van der Waals surface area (Å²) in [6.07, 6.45) is 1.19. The van der Waals surface area contributed by atoms with Gasteiger partial charge in [0, 0.05) is 12.1 Å². The van der Waals surface area contributed by atoms with Crippen LogP contribution in [0.1, 0.15) is 32.8 Å². The lowest BCUT2D eigenvalue weighted by Gasteiger charge is -2.14. The van der Waals surface area contributed by atoms with Crippen molar-refractivity contribution in [3.63, 3.8) is 0 Å². The number of rotatable bonds is 8. The van der Waals surface area contributed by atoms with Gasteiger partial charge in [0.25, 0.3) is 0 Å². The summed E-state index contributed by atoms with van der Waals surface area (Å²) in [7, 11) is 1.67. The van der Waals surface area contributed by atoms with Crippen LogP contribution in [-0.4, -0.2) is 20.3 Å². The zero-order chi connectivity index (χ0) is 13.4. The molecule has 0 radical (unpaired) electrons. The average molecular weight is 288 g/mol. The summed E-state index contributed by atoms with van der Waals surface area (Å²) in [5.74, 6) is 2.40. The molecule has 0 bridgehead atoms. The Morgan fingerprint density at radius 3 is 2.58 bits per heavy atom. The van der Waals surface area contributed by atoms with Crippen molar-refractivity contribution in [2.24, 2.45) is 5.92 Å². The first kappa shape index (κ1) is 18.1. The standard InChI is InChI=1S/C15H25NO2.ClH/c1-5-18-15-13(7-6-8-14(15)17-4)11-16-10-9-12(2)3;/h6-8,12,16H,5,9-11H2,1-4H3;1H. The third kappa shape index (κ3) is 6.17. The number of methoxy groups -OCH3 is 1. The van der Waals surface area contributed by atoms with E-state index in [9.17, 15) is 0 Å². The number of hydrogen-bond acceptors (Lipinski definition) is 3. The molecule has 1 rings (SSSR count). The minimum Gasteiger partial charge on any atom is -0.493 e. The summed E-state index contributed by atoms with van der Waals surface area (Å²) >= 11 is 0. The van der Waals surface area contributed by atoms with Gasteiger partial charge < -0.3 is 14.8 Å². The molecule has 110 valence electrons. The Hall–Kier alpha value is -0.930. The first-order chi connectivity index (χ1) is 8.69. The van der Waals surface area contributed by atoms with Gasteiger partial charge in [-0.25, -0.2) is 0 Å². The van der Waals surface area contributed by atoms with Crippen molar-refractivity contribution in [2.75, 3.05) is 20.3 Å². The summed E-state index contributed by atoms with van der Waals surface area (Å²) in [6, 6.07) is 6.01. The van der Waals surface area contributed by atoms with E-state index < -0.39 is 0 Å². The minimum absolute atomic E-state index is 0. The van der Waals surface area contributed by atoms with E-state index in [1.165, 1.54) is 6.42 Å². The SMILES string of the molecule is CCOc1c(CNCCC(C)C)cccc1OC.Cl. The molecule has 0 aliphatic heterocycles. The molecule has 0 unspecified atom stereocenters. The van der Waals surface area contributed by atoms with Crippen LogP contribution in [0.15, 0.2) is 18.2 Å². The van der Waals surface area contributed by atoms with Gasteiger partial charge in [-0.05, 0) is 31.9 Å². The van der Waals surface area contributed by atoms with Crippen LogP contribution in [0.5, 0.6) is 11.5 Å². The number of halogens is 1. The molecule has 1 aromatic carbocycles. The van der Waals surface area contributed by atoms with E-state index in [1.807, 2.05) is 19.1 Å². The molecule has 0 amide bonds. The van der Waals surface area contributed by atoms with Gasteiger partial charge in [-0.1, -0.05) is 26.0 Å². The highest BCUT2D eigenvalue weighted by Crippen LogP contribution is 2.30. The predicted octanol–water partition coefficient (Wildman–Crippen LogP) is 3.65. The molecule has 1 N–H and O–H groups in total. The predicted molar refractivity (Wildman–Crippen MR) is 82.6 cm³/mol. The zero-order valence-electron chi connectivity index (χ0n) is 12.4. The fourth-order valence-corrected chi connectivity index (χ4v) is 1.78. The molecule has 0 aliphatic carbocycles. The van der Waals surface area contributed by atoms with Crippen molar-refractivity contribution >= 4 is 12.4 Å². The molecule has 1 aromatic rings. The number of ether oxygens (including phenoxy) is 2. The van der Waals surface area contributed by atoms with Gasteiger partial charge in [0.2, 0.25) is 0 Å². The van der Waals surface area contributed by atoms with Gasteiger partial charge in [0.1, 0.15) is 0 Å². The molecule has 0 saturated carbocycles. The van der Waals surface area contributed by atoms with Crippen LogP contribution in [0.4, 0.5) is 0 Å². The Balaban J connectivity index is 0.00000324. The highest BCUT2D eigenvalue weighted by Gasteiger charge is 2.09. The number of nitrogens with one attached hydrogen (secondary N) is 1. The summed E-state index contributed by atoms with van der Waals surface area (Å²) in [4.78, 5) is 0. The number of para-hydroxylation sites is 1.